The Hall–Kier alpha value is -3.47. The van der Waals surface area contributed by atoms with Gasteiger partial charge in [0.25, 0.3) is 11.8 Å². The Morgan fingerprint density at radius 2 is 2.26 bits per heavy atom. The zero-order valence-electron chi connectivity index (χ0n) is 17.3. The lowest BCUT2D eigenvalue weighted by molar-refractivity contribution is 0.0686. The second kappa shape index (κ2) is 9.56. The van der Waals surface area contributed by atoms with E-state index in [1.54, 1.807) is 41.5 Å². The number of furan rings is 1. The maximum absolute atomic E-state index is 13.0. The highest BCUT2D eigenvalue weighted by molar-refractivity contribution is 5.92. The second-order valence-corrected chi connectivity index (χ2v) is 7.37. The number of aromatic nitrogens is 5. The topological polar surface area (TPSA) is 120 Å². The number of hydrogen-bond donors (Lipinski definition) is 1. The summed E-state index contributed by atoms with van der Waals surface area (Å²) in [5.41, 5.74) is 0.238. The SMILES string of the molecule is COCCNC(=O)c1cn(C[C@@H]2CCCN2C(=O)c2ccc(Cn3ccnc3)o2)nn1. The lowest BCUT2D eigenvalue weighted by atomic mass is 10.2. The summed E-state index contributed by atoms with van der Waals surface area (Å²) in [4.78, 5) is 30.9. The van der Waals surface area contributed by atoms with Crippen LogP contribution in [-0.4, -0.2) is 74.1 Å². The van der Waals surface area contributed by atoms with E-state index in [2.05, 4.69) is 20.6 Å². The van der Waals surface area contributed by atoms with Crippen molar-refractivity contribution in [3.63, 3.8) is 0 Å². The third kappa shape index (κ3) is 5.00. The predicted octanol–water partition coefficient (Wildman–Crippen LogP) is 0.797. The Labute approximate surface area is 179 Å². The van der Waals surface area contributed by atoms with Gasteiger partial charge in [0.2, 0.25) is 0 Å². The largest absolute Gasteiger partial charge is 0.454 e. The van der Waals surface area contributed by atoms with Gasteiger partial charge in [-0.1, -0.05) is 5.21 Å². The van der Waals surface area contributed by atoms with E-state index in [1.807, 2.05) is 16.8 Å². The highest BCUT2D eigenvalue weighted by Crippen LogP contribution is 2.22. The highest BCUT2D eigenvalue weighted by Gasteiger charge is 2.31. The van der Waals surface area contributed by atoms with Crippen LogP contribution in [0.25, 0.3) is 0 Å². The van der Waals surface area contributed by atoms with E-state index in [0.717, 1.165) is 12.8 Å². The molecule has 11 heteroatoms. The Balaban J connectivity index is 1.36. The summed E-state index contributed by atoms with van der Waals surface area (Å²) in [6.45, 7) is 2.46. The number of carbonyl (C=O) groups is 2. The maximum atomic E-state index is 13.0. The molecule has 31 heavy (non-hydrogen) atoms. The fourth-order valence-electron chi connectivity index (χ4n) is 3.64. The second-order valence-electron chi connectivity index (χ2n) is 7.37. The molecule has 4 heterocycles. The summed E-state index contributed by atoms with van der Waals surface area (Å²) in [5.74, 6) is 0.567. The van der Waals surface area contributed by atoms with Crippen LogP contribution in [0.3, 0.4) is 0 Å². The standard InChI is InChI=1S/C20H25N7O4/c1-30-10-7-22-19(28)17-13-26(24-23-17)11-15-3-2-8-27(15)20(29)18-5-4-16(31-18)12-25-9-6-21-14-25/h4-6,9,13-15H,2-3,7-8,10-12H2,1H3,(H,22,28)/t15-/m0/s1. The number of nitrogens with zero attached hydrogens (tertiary/aromatic N) is 6. The molecule has 0 unspecified atom stereocenters. The zero-order valence-corrected chi connectivity index (χ0v) is 17.3. The third-order valence-corrected chi connectivity index (χ3v) is 5.17. The maximum Gasteiger partial charge on any atom is 0.289 e. The molecule has 1 atom stereocenters. The molecule has 1 N–H and O–H groups in total. The molecule has 0 radical (unpaired) electrons. The molecule has 0 saturated carbocycles. The molecule has 1 aliphatic heterocycles. The van der Waals surface area contributed by atoms with E-state index >= 15 is 0 Å². The first-order chi connectivity index (χ1) is 15.1. The highest BCUT2D eigenvalue weighted by atomic mass is 16.5. The van der Waals surface area contributed by atoms with Crippen molar-refractivity contribution >= 4 is 11.8 Å². The van der Waals surface area contributed by atoms with Gasteiger partial charge in [0.1, 0.15) is 5.76 Å². The minimum absolute atomic E-state index is 0.0409. The minimum Gasteiger partial charge on any atom is -0.454 e. The number of carbonyl (C=O) groups excluding carboxylic acids is 2. The van der Waals surface area contributed by atoms with E-state index in [9.17, 15) is 9.59 Å². The summed E-state index contributed by atoms with van der Waals surface area (Å²) in [6.07, 6.45) is 8.58. The summed E-state index contributed by atoms with van der Waals surface area (Å²) >= 11 is 0. The normalized spacial score (nSPS) is 16.0. The molecule has 1 aliphatic rings. The molecule has 2 amide bonds. The van der Waals surface area contributed by atoms with Gasteiger partial charge in [-0.25, -0.2) is 9.67 Å². The quantitative estimate of drug-likeness (QED) is 0.502. The monoisotopic (exact) mass is 427 g/mol. The summed E-state index contributed by atoms with van der Waals surface area (Å²) in [5, 5.41) is 10.7. The smallest absolute Gasteiger partial charge is 0.289 e. The Bertz CT molecular complexity index is 1010. The molecule has 4 rings (SSSR count). The Kier molecular flexibility index (Phi) is 6.41. The molecule has 0 bridgehead atoms. The predicted molar refractivity (Wildman–Crippen MR) is 108 cm³/mol. The fourth-order valence-corrected chi connectivity index (χ4v) is 3.64. The van der Waals surface area contributed by atoms with Crippen molar-refractivity contribution in [2.75, 3.05) is 26.8 Å². The number of rotatable bonds is 9. The van der Waals surface area contributed by atoms with Gasteiger partial charge in [0, 0.05) is 32.6 Å². The number of methoxy groups -OCH3 is 1. The van der Waals surface area contributed by atoms with Crippen molar-refractivity contribution in [3.05, 3.63) is 54.3 Å². The molecule has 3 aromatic rings. The molecule has 3 aromatic heterocycles. The number of hydrogen-bond acceptors (Lipinski definition) is 7. The summed E-state index contributed by atoms with van der Waals surface area (Å²) < 4.78 is 14.2. The summed E-state index contributed by atoms with van der Waals surface area (Å²) in [6, 6.07) is 3.48. The first-order valence-corrected chi connectivity index (χ1v) is 10.2. The van der Waals surface area contributed by atoms with Gasteiger partial charge in [-0.3, -0.25) is 9.59 Å². The van der Waals surface area contributed by atoms with Crippen molar-refractivity contribution < 1.29 is 18.7 Å². The van der Waals surface area contributed by atoms with Crippen LogP contribution in [0.15, 0.2) is 41.5 Å². The molecular formula is C20H25N7O4. The molecule has 1 fully saturated rings. The molecule has 164 valence electrons. The van der Waals surface area contributed by atoms with Gasteiger partial charge >= 0.3 is 0 Å². The number of likely N-dealkylation sites (tertiary alicyclic amines) is 1. The van der Waals surface area contributed by atoms with Gasteiger partial charge in [0.05, 0.1) is 38.3 Å². The number of ether oxygens (including phenoxy) is 1. The molecule has 0 aromatic carbocycles. The first-order valence-electron chi connectivity index (χ1n) is 10.2. The fraction of sp³-hybridized carbons (Fsp3) is 0.450. The summed E-state index contributed by atoms with van der Waals surface area (Å²) in [7, 11) is 1.57. The average Bonchev–Trinajstić information content (AvgIpc) is 3.56. The molecule has 11 nitrogen and oxygen atoms in total. The van der Waals surface area contributed by atoms with Crippen LogP contribution in [-0.2, 0) is 17.8 Å². The van der Waals surface area contributed by atoms with Crippen LogP contribution in [0.2, 0.25) is 0 Å². The van der Waals surface area contributed by atoms with Crippen LogP contribution in [0, 0.1) is 0 Å². The molecule has 0 aliphatic carbocycles. The molecule has 1 saturated heterocycles. The van der Waals surface area contributed by atoms with E-state index in [-0.39, 0.29) is 23.6 Å². The van der Waals surface area contributed by atoms with Gasteiger partial charge in [0.15, 0.2) is 11.5 Å². The third-order valence-electron chi connectivity index (χ3n) is 5.17. The van der Waals surface area contributed by atoms with Gasteiger partial charge < -0.3 is 23.9 Å². The van der Waals surface area contributed by atoms with Crippen molar-refractivity contribution in [2.45, 2.75) is 32.0 Å². The number of amides is 2. The van der Waals surface area contributed by atoms with E-state index in [4.69, 9.17) is 9.15 Å². The van der Waals surface area contributed by atoms with Crippen LogP contribution in [0.4, 0.5) is 0 Å². The lowest BCUT2D eigenvalue weighted by Crippen LogP contribution is -2.38. The van der Waals surface area contributed by atoms with Gasteiger partial charge in [-0.2, -0.15) is 0 Å². The van der Waals surface area contributed by atoms with Crippen molar-refractivity contribution in [1.29, 1.82) is 0 Å². The van der Waals surface area contributed by atoms with Gasteiger partial charge in [-0.05, 0) is 25.0 Å². The molecule has 0 spiro atoms. The lowest BCUT2D eigenvalue weighted by Gasteiger charge is -2.23. The van der Waals surface area contributed by atoms with Crippen molar-refractivity contribution in [1.82, 2.24) is 34.8 Å². The van der Waals surface area contributed by atoms with E-state index in [0.29, 0.717) is 44.3 Å². The van der Waals surface area contributed by atoms with Crippen molar-refractivity contribution in [2.24, 2.45) is 0 Å². The van der Waals surface area contributed by atoms with Crippen molar-refractivity contribution in [3.8, 4) is 0 Å². The zero-order chi connectivity index (χ0) is 21.6. The van der Waals surface area contributed by atoms with E-state index in [1.165, 1.54) is 0 Å². The first kappa shape index (κ1) is 20.8. The van der Waals surface area contributed by atoms with Crippen LogP contribution >= 0.6 is 0 Å². The Morgan fingerprint density at radius 3 is 3.06 bits per heavy atom. The Morgan fingerprint density at radius 1 is 1.35 bits per heavy atom. The number of nitrogens with one attached hydrogen (secondary N) is 1. The molecular weight excluding hydrogens is 402 g/mol. The van der Waals surface area contributed by atoms with E-state index < -0.39 is 0 Å². The average molecular weight is 427 g/mol. The van der Waals surface area contributed by atoms with Gasteiger partial charge in [-0.15, -0.1) is 5.10 Å². The van der Waals surface area contributed by atoms with Crippen LogP contribution in [0.5, 0.6) is 0 Å². The van der Waals surface area contributed by atoms with Crippen LogP contribution in [0.1, 0.15) is 39.6 Å². The van der Waals surface area contributed by atoms with Crippen LogP contribution < -0.4 is 5.32 Å². The number of imidazole rings is 1. The minimum atomic E-state index is -0.302.